The number of aromatic amines is 1. The summed E-state index contributed by atoms with van der Waals surface area (Å²) in [5.74, 6) is 0.697. The lowest BCUT2D eigenvalue weighted by Gasteiger charge is -2.16. The van der Waals surface area contributed by atoms with E-state index in [2.05, 4.69) is 21.6 Å². The minimum absolute atomic E-state index is 0.311. The maximum absolute atomic E-state index is 12.8. The minimum atomic E-state index is -0.361. The molecule has 1 saturated heterocycles. The molecule has 1 aliphatic heterocycles. The van der Waals surface area contributed by atoms with E-state index in [1.807, 2.05) is 43.3 Å². The molecule has 1 atom stereocenters. The van der Waals surface area contributed by atoms with Gasteiger partial charge in [-0.25, -0.2) is 19.3 Å². The maximum atomic E-state index is 12.8. The van der Waals surface area contributed by atoms with Gasteiger partial charge in [-0.2, -0.15) is 5.26 Å². The van der Waals surface area contributed by atoms with Gasteiger partial charge in [-0.15, -0.1) is 5.10 Å². The third-order valence-corrected chi connectivity index (χ3v) is 5.76. The third-order valence-electron chi connectivity index (χ3n) is 5.76. The first-order valence-electron chi connectivity index (χ1n) is 10.6. The van der Waals surface area contributed by atoms with Crippen molar-refractivity contribution < 1.29 is 4.74 Å². The topological polar surface area (TPSA) is 108 Å². The van der Waals surface area contributed by atoms with E-state index >= 15 is 0 Å². The van der Waals surface area contributed by atoms with Crippen LogP contribution in [-0.4, -0.2) is 39.3 Å². The quantitative estimate of drug-likeness (QED) is 0.508. The van der Waals surface area contributed by atoms with Crippen LogP contribution in [0.2, 0.25) is 0 Å². The van der Waals surface area contributed by atoms with Crippen molar-refractivity contribution in [1.29, 1.82) is 5.26 Å². The zero-order chi connectivity index (χ0) is 22.1. The Bertz CT molecular complexity index is 1360. The number of nitrogens with one attached hydrogen (secondary N) is 2. The average Bonchev–Trinajstić information content (AvgIpc) is 3.48. The van der Waals surface area contributed by atoms with Gasteiger partial charge in [-0.1, -0.05) is 42.0 Å². The Morgan fingerprint density at radius 1 is 1.16 bits per heavy atom. The number of nitrogens with zero attached hydrogens (tertiary/aromatic N) is 4. The number of rotatable bonds is 5. The molecule has 3 heterocycles. The molecule has 8 nitrogen and oxygen atoms in total. The zero-order valence-corrected chi connectivity index (χ0v) is 17.6. The van der Waals surface area contributed by atoms with Gasteiger partial charge in [-0.05, 0) is 32.0 Å². The Morgan fingerprint density at radius 2 is 1.91 bits per heavy atom. The Hall–Kier alpha value is -3.96. The van der Waals surface area contributed by atoms with Gasteiger partial charge in [0.05, 0.1) is 29.6 Å². The van der Waals surface area contributed by atoms with Crippen LogP contribution in [0.25, 0.3) is 28.2 Å². The number of H-pyrrole nitrogens is 1. The molecule has 32 heavy (non-hydrogen) atoms. The van der Waals surface area contributed by atoms with Crippen LogP contribution < -0.4 is 15.7 Å². The summed E-state index contributed by atoms with van der Waals surface area (Å²) in [5.41, 5.74) is 4.49. The van der Waals surface area contributed by atoms with E-state index in [9.17, 15) is 10.1 Å². The van der Waals surface area contributed by atoms with Crippen LogP contribution in [0.15, 0.2) is 53.3 Å². The lowest BCUT2D eigenvalue weighted by molar-refractivity contribution is 0.253. The molecule has 4 aromatic rings. The summed E-state index contributed by atoms with van der Waals surface area (Å²) >= 11 is 0. The number of ether oxygens (including phenoxy) is 1. The number of benzene rings is 2. The fraction of sp³-hybridized carbons (Fsp3) is 0.250. The lowest BCUT2D eigenvalue weighted by Crippen LogP contribution is -2.18. The van der Waals surface area contributed by atoms with Crippen LogP contribution in [0, 0.1) is 24.2 Å². The number of hydrogen-bond acceptors (Lipinski definition) is 6. The summed E-state index contributed by atoms with van der Waals surface area (Å²) in [7, 11) is 0. The van der Waals surface area contributed by atoms with Crippen LogP contribution >= 0.6 is 0 Å². The first-order valence-corrected chi connectivity index (χ1v) is 10.6. The monoisotopic (exact) mass is 426 g/mol. The third kappa shape index (κ3) is 3.63. The molecule has 0 spiro atoms. The number of hydrogen-bond donors (Lipinski definition) is 2. The van der Waals surface area contributed by atoms with Gasteiger partial charge in [0.25, 0.3) is 5.88 Å². The lowest BCUT2D eigenvalue weighted by atomic mass is 10.0. The predicted octanol–water partition coefficient (Wildman–Crippen LogP) is 2.92. The second-order valence-electron chi connectivity index (χ2n) is 8.03. The van der Waals surface area contributed by atoms with Crippen molar-refractivity contribution >= 4 is 5.65 Å². The summed E-state index contributed by atoms with van der Waals surface area (Å²) in [4.78, 5) is 17.7. The van der Waals surface area contributed by atoms with E-state index in [1.54, 1.807) is 12.1 Å². The smallest absolute Gasteiger partial charge is 0.348 e. The number of fused-ring (bicyclic) bond motifs is 1. The van der Waals surface area contributed by atoms with Gasteiger partial charge in [0, 0.05) is 23.6 Å². The second-order valence-corrected chi connectivity index (χ2v) is 8.03. The van der Waals surface area contributed by atoms with Crippen LogP contribution in [0.4, 0.5) is 0 Å². The molecule has 1 aliphatic rings. The van der Waals surface area contributed by atoms with Crippen LogP contribution in [0.3, 0.4) is 0 Å². The van der Waals surface area contributed by atoms with Crippen molar-refractivity contribution in [2.75, 3.05) is 19.7 Å². The SMILES string of the molecule is Cc1ccc(-c2c(-c3ccc(C#N)cc3)nc(OC[C@@H]3CCNC3)c3n[nH]c(=O)n23)cc1. The van der Waals surface area contributed by atoms with E-state index in [0.29, 0.717) is 41.0 Å². The van der Waals surface area contributed by atoms with Crippen molar-refractivity contribution in [3.8, 4) is 34.5 Å². The average molecular weight is 426 g/mol. The molecule has 0 unspecified atom stereocenters. The fourth-order valence-electron chi connectivity index (χ4n) is 3.99. The molecule has 8 heteroatoms. The fourth-order valence-corrected chi connectivity index (χ4v) is 3.99. The van der Waals surface area contributed by atoms with Crippen LogP contribution in [0.1, 0.15) is 17.5 Å². The predicted molar refractivity (Wildman–Crippen MR) is 120 cm³/mol. The molecule has 0 saturated carbocycles. The van der Waals surface area contributed by atoms with E-state index in [1.165, 1.54) is 4.40 Å². The molecule has 160 valence electrons. The second kappa shape index (κ2) is 8.29. The van der Waals surface area contributed by atoms with Gasteiger partial charge in [0.15, 0.2) is 0 Å². The van der Waals surface area contributed by atoms with Crippen molar-refractivity contribution in [3.05, 3.63) is 70.1 Å². The summed E-state index contributed by atoms with van der Waals surface area (Å²) in [6.07, 6.45) is 1.04. The highest BCUT2D eigenvalue weighted by Gasteiger charge is 2.23. The molecule has 0 bridgehead atoms. The summed E-state index contributed by atoms with van der Waals surface area (Å²) in [5, 5.41) is 19.3. The van der Waals surface area contributed by atoms with Crippen molar-refractivity contribution in [2.45, 2.75) is 13.3 Å². The molecule has 0 radical (unpaired) electrons. The van der Waals surface area contributed by atoms with E-state index < -0.39 is 0 Å². The summed E-state index contributed by atoms with van der Waals surface area (Å²) < 4.78 is 7.61. The van der Waals surface area contributed by atoms with E-state index in [-0.39, 0.29) is 5.69 Å². The van der Waals surface area contributed by atoms with E-state index in [0.717, 1.165) is 36.2 Å². The maximum Gasteiger partial charge on any atom is 0.348 e. The van der Waals surface area contributed by atoms with E-state index in [4.69, 9.17) is 9.72 Å². The van der Waals surface area contributed by atoms with Gasteiger partial charge < -0.3 is 10.1 Å². The molecule has 0 amide bonds. The highest BCUT2D eigenvalue weighted by atomic mass is 16.5. The molecule has 0 aliphatic carbocycles. The van der Waals surface area contributed by atoms with Crippen LogP contribution in [0.5, 0.6) is 5.88 Å². The minimum Gasteiger partial charge on any atom is -0.475 e. The molecular formula is C24H22N6O2. The molecule has 2 aromatic heterocycles. The molecule has 5 rings (SSSR count). The van der Waals surface area contributed by atoms with Gasteiger partial charge in [0.2, 0.25) is 5.65 Å². The summed E-state index contributed by atoms with van der Waals surface area (Å²) in [6.45, 7) is 4.38. The molecule has 1 fully saturated rings. The number of aromatic nitrogens is 4. The van der Waals surface area contributed by atoms with Gasteiger partial charge in [-0.3, -0.25) is 0 Å². The van der Waals surface area contributed by atoms with Crippen molar-refractivity contribution in [1.82, 2.24) is 24.9 Å². The van der Waals surface area contributed by atoms with Crippen molar-refractivity contribution in [3.63, 3.8) is 0 Å². The Balaban J connectivity index is 1.72. The van der Waals surface area contributed by atoms with Crippen LogP contribution in [-0.2, 0) is 0 Å². The number of nitriles is 1. The zero-order valence-electron chi connectivity index (χ0n) is 17.6. The molecule has 2 aromatic carbocycles. The Kier molecular flexibility index (Phi) is 5.17. The highest BCUT2D eigenvalue weighted by molar-refractivity contribution is 5.81. The standard InChI is InChI=1S/C24H22N6O2/c1-15-2-6-19(7-3-15)21-20(18-8-4-16(12-25)5-9-18)27-23(22-28-29-24(31)30(21)22)32-14-17-10-11-26-13-17/h2-9,17,26H,10-11,13-14H2,1H3,(H,29,31)/t17-/m1/s1. The molecular weight excluding hydrogens is 404 g/mol. The molecule has 2 N–H and O–H groups in total. The van der Waals surface area contributed by atoms with Gasteiger partial charge >= 0.3 is 5.69 Å². The first-order chi connectivity index (χ1) is 15.6. The largest absolute Gasteiger partial charge is 0.475 e. The normalized spacial score (nSPS) is 15.7. The van der Waals surface area contributed by atoms with Crippen molar-refractivity contribution in [2.24, 2.45) is 5.92 Å². The Labute approximate surface area is 184 Å². The van der Waals surface area contributed by atoms with Gasteiger partial charge in [0.1, 0.15) is 0 Å². The number of aryl methyl sites for hydroxylation is 1. The summed E-state index contributed by atoms with van der Waals surface area (Å²) in [6, 6.07) is 17.2. The first kappa shape index (κ1) is 20.0. The Morgan fingerprint density at radius 3 is 2.59 bits per heavy atom. The highest BCUT2D eigenvalue weighted by Crippen LogP contribution is 2.34.